The van der Waals surface area contributed by atoms with Crippen molar-refractivity contribution < 1.29 is 12.9 Å². The van der Waals surface area contributed by atoms with Crippen LogP contribution in [0, 0.1) is 0 Å². The van der Waals surface area contributed by atoms with Crippen LogP contribution in [0.4, 0.5) is 12.9 Å². The molecular weight excluding hydrogens is 270 g/mol. The molecule has 80 valence electrons. The molecule has 6 heteroatoms. The molecule has 2 aromatic rings. The van der Waals surface area contributed by atoms with Crippen LogP contribution in [0.3, 0.4) is 0 Å². The van der Waals surface area contributed by atoms with Gasteiger partial charge in [0, 0.05) is 21.6 Å². The SMILES string of the molecule is F[B-](F)(F)Cn1cc(Br)c2ccccc21. The summed E-state index contributed by atoms with van der Waals surface area (Å²) < 4.78 is 38.8. The average Bonchev–Trinajstić information content (AvgIpc) is 2.42. The molecule has 0 aliphatic rings. The first kappa shape index (κ1) is 10.6. The van der Waals surface area contributed by atoms with Crippen LogP contribution >= 0.6 is 15.9 Å². The molecule has 0 unspecified atom stereocenters. The zero-order valence-corrected chi connectivity index (χ0v) is 9.22. The molecule has 1 nitrogen and oxygen atoms in total. The summed E-state index contributed by atoms with van der Waals surface area (Å²) in [5.41, 5.74) is 0.601. The van der Waals surface area contributed by atoms with Crippen LogP contribution in [0.25, 0.3) is 10.9 Å². The van der Waals surface area contributed by atoms with E-state index in [1.54, 1.807) is 24.3 Å². The number of hydrogen-bond acceptors (Lipinski definition) is 0. The van der Waals surface area contributed by atoms with Gasteiger partial charge in [-0.3, -0.25) is 0 Å². The van der Waals surface area contributed by atoms with E-state index in [-0.39, 0.29) is 0 Å². The molecule has 0 N–H and O–H groups in total. The maximum atomic E-state index is 12.3. The zero-order chi connectivity index (χ0) is 11.1. The van der Waals surface area contributed by atoms with E-state index in [1.807, 2.05) is 0 Å². The number of rotatable bonds is 2. The number of fused-ring (bicyclic) bond motifs is 1. The van der Waals surface area contributed by atoms with Crippen molar-refractivity contribution in [3.8, 4) is 0 Å². The summed E-state index contributed by atoms with van der Waals surface area (Å²) in [7, 11) is 0. The lowest BCUT2D eigenvalue weighted by Gasteiger charge is -2.15. The molecule has 0 atom stereocenters. The number of aromatic nitrogens is 1. The summed E-state index contributed by atoms with van der Waals surface area (Å²) >= 11 is 3.24. The van der Waals surface area contributed by atoms with Gasteiger partial charge in [-0.2, -0.15) is 0 Å². The fourth-order valence-corrected chi connectivity index (χ4v) is 2.16. The molecule has 0 bridgehead atoms. The molecule has 2 rings (SSSR count). The standard InChI is InChI=1S/C9H7BBrF3N/c11-8-5-15(6-10(12,13)14)9-4-2-1-3-7(8)9/h1-5H,6H2/q-1. The summed E-state index contributed by atoms with van der Waals surface area (Å²) in [6.07, 6.45) is 0.575. The largest absolute Gasteiger partial charge is 0.497 e. The molecule has 0 radical (unpaired) electrons. The van der Waals surface area contributed by atoms with Gasteiger partial charge in [-0.05, 0) is 28.4 Å². The van der Waals surface area contributed by atoms with Crippen molar-refractivity contribution in [2.24, 2.45) is 0 Å². The van der Waals surface area contributed by atoms with Crippen molar-refractivity contribution in [2.75, 3.05) is 0 Å². The first-order valence-electron chi connectivity index (χ1n) is 4.42. The Morgan fingerprint density at radius 1 is 1.20 bits per heavy atom. The minimum Gasteiger partial charge on any atom is -0.448 e. The van der Waals surface area contributed by atoms with Crippen LogP contribution < -0.4 is 0 Å². The minimum atomic E-state index is -4.81. The third kappa shape index (κ3) is 2.20. The van der Waals surface area contributed by atoms with Crippen molar-refractivity contribution in [2.45, 2.75) is 6.44 Å². The summed E-state index contributed by atoms with van der Waals surface area (Å²) in [6, 6.07) is 7.01. The van der Waals surface area contributed by atoms with Crippen LogP contribution in [0.5, 0.6) is 0 Å². The highest BCUT2D eigenvalue weighted by Crippen LogP contribution is 2.27. The number of hydrogen-bond donors (Lipinski definition) is 0. The number of benzene rings is 1. The molecule has 1 aromatic carbocycles. The number of para-hydroxylation sites is 1. The van der Waals surface area contributed by atoms with Crippen LogP contribution in [0.2, 0.25) is 0 Å². The highest BCUT2D eigenvalue weighted by molar-refractivity contribution is 9.10. The molecular formula is C9H7BBrF3N-. The van der Waals surface area contributed by atoms with E-state index in [0.29, 0.717) is 9.99 Å². The zero-order valence-electron chi connectivity index (χ0n) is 7.63. The predicted octanol–water partition coefficient (Wildman–Crippen LogP) is 3.79. The highest BCUT2D eigenvalue weighted by Gasteiger charge is 2.24. The van der Waals surface area contributed by atoms with Gasteiger partial charge in [0.05, 0.1) is 0 Å². The third-order valence-corrected chi connectivity index (χ3v) is 2.78. The van der Waals surface area contributed by atoms with Gasteiger partial charge >= 0.3 is 6.98 Å². The molecule has 1 heterocycles. The lowest BCUT2D eigenvalue weighted by molar-refractivity contribution is 0.448. The quantitative estimate of drug-likeness (QED) is 0.736. The first-order valence-corrected chi connectivity index (χ1v) is 5.21. The summed E-state index contributed by atoms with van der Waals surface area (Å²) in [5.74, 6) is 0. The number of halogens is 4. The molecule has 1 aromatic heterocycles. The van der Waals surface area contributed by atoms with E-state index >= 15 is 0 Å². The van der Waals surface area contributed by atoms with Gasteiger partial charge in [-0.1, -0.05) is 18.2 Å². The van der Waals surface area contributed by atoms with Gasteiger partial charge in [-0.15, -0.1) is 0 Å². The van der Waals surface area contributed by atoms with Gasteiger partial charge in [0.15, 0.2) is 0 Å². The Bertz CT molecular complexity index is 492. The minimum absolute atomic E-state index is 0.601. The molecule has 0 aliphatic heterocycles. The second-order valence-electron chi connectivity index (χ2n) is 3.36. The Kier molecular flexibility index (Phi) is 2.54. The molecule has 0 amide bonds. The van der Waals surface area contributed by atoms with E-state index < -0.39 is 13.4 Å². The van der Waals surface area contributed by atoms with Crippen LogP contribution in [0.15, 0.2) is 34.9 Å². The molecule has 0 saturated carbocycles. The average molecular weight is 277 g/mol. The molecule has 15 heavy (non-hydrogen) atoms. The lowest BCUT2D eigenvalue weighted by Crippen LogP contribution is -2.23. The van der Waals surface area contributed by atoms with Gasteiger partial charge in [-0.25, -0.2) is 0 Å². The van der Waals surface area contributed by atoms with Crippen molar-refractivity contribution in [3.05, 3.63) is 34.9 Å². The molecule has 0 aliphatic carbocycles. The molecule has 0 saturated heterocycles. The number of nitrogens with zero attached hydrogens (tertiary/aromatic N) is 1. The highest BCUT2D eigenvalue weighted by atomic mass is 79.9. The Balaban J connectivity index is 2.53. The molecule has 0 fully saturated rings. The topological polar surface area (TPSA) is 4.93 Å². The van der Waals surface area contributed by atoms with Crippen LogP contribution in [-0.4, -0.2) is 11.5 Å². The van der Waals surface area contributed by atoms with Gasteiger partial charge in [0.1, 0.15) is 0 Å². The summed E-state index contributed by atoms with van der Waals surface area (Å²) in [6.45, 7) is -4.81. The Hall–Kier alpha value is -0.905. The Morgan fingerprint density at radius 3 is 2.53 bits per heavy atom. The normalized spacial score (nSPS) is 12.3. The van der Waals surface area contributed by atoms with Crippen molar-refractivity contribution in [1.82, 2.24) is 4.57 Å². The second-order valence-corrected chi connectivity index (χ2v) is 4.21. The van der Waals surface area contributed by atoms with E-state index in [0.717, 1.165) is 5.39 Å². The summed E-state index contributed by atoms with van der Waals surface area (Å²) in [5, 5.41) is 0.803. The predicted molar refractivity (Wildman–Crippen MR) is 58.7 cm³/mol. The molecule has 0 spiro atoms. The fourth-order valence-electron chi connectivity index (χ4n) is 1.58. The van der Waals surface area contributed by atoms with E-state index in [9.17, 15) is 12.9 Å². The fraction of sp³-hybridized carbons (Fsp3) is 0.111. The Morgan fingerprint density at radius 2 is 1.87 bits per heavy atom. The smallest absolute Gasteiger partial charge is 0.448 e. The summed E-state index contributed by atoms with van der Waals surface area (Å²) in [4.78, 5) is 0. The second kappa shape index (κ2) is 3.59. The monoisotopic (exact) mass is 276 g/mol. The Labute approximate surface area is 93.1 Å². The first-order chi connectivity index (χ1) is 6.97. The van der Waals surface area contributed by atoms with E-state index in [1.165, 1.54) is 10.8 Å². The van der Waals surface area contributed by atoms with Crippen molar-refractivity contribution in [3.63, 3.8) is 0 Å². The van der Waals surface area contributed by atoms with Gasteiger partial charge in [0.25, 0.3) is 0 Å². The van der Waals surface area contributed by atoms with Gasteiger partial charge < -0.3 is 17.5 Å². The maximum absolute atomic E-state index is 12.3. The van der Waals surface area contributed by atoms with Crippen molar-refractivity contribution >= 4 is 33.8 Å². The van der Waals surface area contributed by atoms with Gasteiger partial charge in [0.2, 0.25) is 0 Å². The van der Waals surface area contributed by atoms with Crippen LogP contribution in [-0.2, 0) is 6.44 Å². The van der Waals surface area contributed by atoms with Crippen LogP contribution in [0.1, 0.15) is 0 Å². The third-order valence-electron chi connectivity index (χ3n) is 2.14. The maximum Gasteiger partial charge on any atom is 0.497 e. The van der Waals surface area contributed by atoms with E-state index in [4.69, 9.17) is 0 Å². The van der Waals surface area contributed by atoms with E-state index in [2.05, 4.69) is 15.9 Å². The van der Waals surface area contributed by atoms with Crippen molar-refractivity contribution in [1.29, 1.82) is 0 Å². The lowest BCUT2D eigenvalue weighted by atomic mass is 9.92.